The van der Waals surface area contributed by atoms with Crippen molar-refractivity contribution in [2.75, 3.05) is 7.11 Å². The van der Waals surface area contributed by atoms with Crippen LogP contribution in [-0.2, 0) is 9.53 Å². The van der Waals surface area contributed by atoms with Crippen LogP contribution in [-0.4, -0.2) is 19.1 Å². The average molecular weight is 206 g/mol. The van der Waals surface area contributed by atoms with Gasteiger partial charge < -0.3 is 10.5 Å². The summed E-state index contributed by atoms with van der Waals surface area (Å²) in [4.78, 5) is 11.8. The first kappa shape index (κ1) is 7.66. The molecule has 0 aromatic rings. The predicted molar refractivity (Wildman–Crippen MR) is 50.1 cm³/mol. The fourth-order valence-corrected chi connectivity index (χ4v) is 6.40. The molecule has 0 spiro atoms. The van der Waals surface area contributed by atoms with Gasteiger partial charge in [-0.15, -0.1) is 0 Å². The van der Waals surface area contributed by atoms with Crippen LogP contribution in [0.25, 0.3) is 0 Å². The van der Waals surface area contributed by atoms with Gasteiger partial charge in [0.2, 0.25) is 0 Å². The van der Waals surface area contributed by atoms with E-state index in [0.29, 0.717) is 12.0 Å². The van der Waals surface area contributed by atoms with Crippen molar-refractivity contribution in [1.82, 2.24) is 0 Å². The Morgan fingerprint density at radius 2 is 1.40 bits per heavy atom. The molecule has 0 aromatic carbocycles. The maximum absolute atomic E-state index is 11.8. The normalized spacial score (nSPS) is 74.3. The Labute approximate surface area is 88.3 Å². The third kappa shape index (κ3) is 0.532. The number of carbonyl (C=O) groups excluding carboxylic acids is 1. The van der Waals surface area contributed by atoms with E-state index in [9.17, 15) is 4.79 Å². The van der Waals surface area contributed by atoms with E-state index < -0.39 is 0 Å². The van der Waals surface area contributed by atoms with Crippen LogP contribution >= 0.6 is 0 Å². The number of carbonyl (C=O) groups is 1. The SMILES string of the molecule is COC(=O)C1C([NH3+])C2C3C4C1C1C2C1C34. The van der Waals surface area contributed by atoms with Crippen molar-refractivity contribution in [3.63, 3.8) is 0 Å². The zero-order chi connectivity index (χ0) is 10.1. The summed E-state index contributed by atoms with van der Waals surface area (Å²) in [6.07, 6.45) is 0. The summed E-state index contributed by atoms with van der Waals surface area (Å²) >= 11 is 0. The first-order valence-corrected chi connectivity index (χ1v) is 6.18. The molecule has 6 saturated carbocycles. The molecule has 3 nitrogen and oxygen atoms in total. The molecule has 6 aliphatic rings. The molecule has 0 aliphatic heterocycles. The highest BCUT2D eigenvalue weighted by molar-refractivity contribution is 5.75. The summed E-state index contributed by atoms with van der Waals surface area (Å²) < 4.78 is 4.98. The average Bonchev–Trinajstić information content (AvgIpc) is 3.07. The van der Waals surface area contributed by atoms with Crippen LogP contribution in [0.2, 0.25) is 0 Å². The molecule has 3 heteroatoms. The highest BCUT2D eigenvalue weighted by Crippen LogP contribution is 2.92. The fourth-order valence-electron chi connectivity index (χ4n) is 6.40. The van der Waals surface area contributed by atoms with Gasteiger partial charge in [-0.2, -0.15) is 0 Å². The standard InChI is InChI=1S/C12H15NO2/c1-15-12(14)10-8-4-2-3-5(8)7(3)9(6(2)4)11(10)13/h2-11H,13H2,1H3/p+1. The van der Waals surface area contributed by atoms with E-state index in [1.807, 2.05) is 0 Å². The predicted octanol–water partition coefficient (Wildman–Crippen LogP) is -0.616. The lowest BCUT2D eigenvalue weighted by Gasteiger charge is -2.42. The summed E-state index contributed by atoms with van der Waals surface area (Å²) in [7, 11) is 1.53. The van der Waals surface area contributed by atoms with E-state index in [1.165, 1.54) is 7.11 Å². The Balaban J connectivity index is 1.63. The molecule has 6 aliphatic carbocycles. The van der Waals surface area contributed by atoms with Crippen molar-refractivity contribution < 1.29 is 15.3 Å². The zero-order valence-electron chi connectivity index (χ0n) is 8.80. The second-order valence-corrected chi connectivity index (χ2v) is 6.33. The minimum absolute atomic E-state index is 0.0279. The molecule has 3 N–H and O–H groups in total. The molecule has 6 rings (SSSR count). The minimum atomic E-state index is 0.0279. The molecule has 8 unspecified atom stereocenters. The number of quaternary nitrogens is 1. The summed E-state index contributed by atoms with van der Waals surface area (Å²) in [5.41, 5.74) is 4.30. The van der Waals surface area contributed by atoms with Crippen LogP contribution < -0.4 is 5.73 Å². The number of esters is 1. The number of methoxy groups -OCH3 is 1. The Morgan fingerprint density at radius 1 is 0.933 bits per heavy atom. The summed E-state index contributed by atoms with van der Waals surface area (Å²) in [6, 6.07) is 0.363. The highest BCUT2D eigenvalue weighted by Gasteiger charge is 2.92. The van der Waals surface area contributed by atoms with Gasteiger partial charge in [-0.3, -0.25) is 4.79 Å². The maximum Gasteiger partial charge on any atom is 0.315 e. The lowest BCUT2D eigenvalue weighted by atomic mass is 9.62. The van der Waals surface area contributed by atoms with Crippen LogP contribution in [0.15, 0.2) is 0 Å². The molecule has 0 heterocycles. The van der Waals surface area contributed by atoms with Gasteiger partial charge in [-0.05, 0) is 41.4 Å². The second kappa shape index (κ2) is 1.86. The van der Waals surface area contributed by atoms with Crippen LogP contribution in [0, 0.1) is 53.3 Å². The van der Waals surface area contributed by atoms with E-state index in [4.69, 9.17) is 4.74 Å². The Morgan fingerprint density at radius 3 is 1.93 bits per heavy atom. The minimum Gasteiger partial charge on any atom is -0.469 e. The third-order valence-electron chi connectivity index (χ3n) is 6.45. The number of fused-ring (bicyclic) bond motifs is 1. The van der Waals surface area contributed by atoms with Gasteiger partial charge in [0, 0.05) is 5.92 Å². The number of hydrogen-bond acceptors (Lipinski definition) is 2. The molecule has 8 atom stereocenters. The van der Waals surface area contributed by atoms with Gasteiger partial charge in [0.05, 0.1) is 7.11 Å². The van der Waals surface area contributed by atoms with E-state index in [-0.39, 0.29) is 11.9 Å². The molecule has 0 radical (unpaired) electrons. The second-order valence-electron chi connectivity index (χ2n) is 6.33. The summed E-state index contributed by atoms with van der Waals surface area (Å²) in [6.45, 7) is 0. The number of hydrogen-bond donors (Lipinski definition) is 1. The quantitative estimate of drug-likeness (QED) is 0.582. The topological polar surface area (TPSA) is 53.9 Å². The largest absolute Gasteiger partial charge is 0.469 e. The molecular weight excluding hydrogens is 190 g/mol. The lowest BCUT2D eigenvalue weighted by Crippen LogP contribution is -2.74. The van der Waals surface area contributed by atoms with Crippen molar-refractivity contribution in [3.8, 4) is 0 Å². The van der Waals surface area contributed by atoms with Gasteiger partial charge in [0.25, 0.3) is 0 Å². The number of ether oxygens (including phenoxy) is 1. The highest BCUT2D eigenvalue weighted by atomic mass is 16.5. The molecule has 6 fully saturated rings. The lowest BCUT2D eigenvalue weighted by molar-refractivity contribution is -0.459. The first-order valence-electron chi connectivity index (χ1n) is 6.18. The van der Waals surface area contributed by atoms with Gasteiger partial charge in [-0.1, -0.05) is 0 Å². The Bertz CT molecular complexity index is 373. The zero-order valence-corrected chi connectivity index (χ0v) is 8.80. The maximum atomic E-state index is 11.8. The van der Waals surface area contributed by atoms with Gasteiger partial charge in [-0.25, -0.2) is 0 Å². The van der Waals surface area contributed by atoms with Crippen LogP contribution in [0.4, 0.5) is 0 Å². The summed E-state index contributed by atoms with van der Waals surface area (Å²) in [5.74, 6) is 7.49. The van der Waals surface area contributed by atoms with Crippen molar-refractivity contribution in [3.05, 3.63) is 0 Å². The van der Waals surface area contributed by atoms with Crippen LogP contribution in [0.1, 0.15) is 0 Å². The van der Waals surface area contributed by atoms with Crippen molar-refractivity contribution in [2.24, 2.45) is 53.3 Å². The first-order chi connectivity index (χ1) is 7.27. The Kier molecular flexibility index (Phi) is 0.948. The molecule has 0 aromatic heterocycles. The fraction of sp³-hybridized carbons (Fsp3) is 0.917. The van der Waals surface area contributed by atoms with Gasteiger partial charge in [0.15, 0.2) is 0 Å². The van der Waals surface area contributed by atoms with E-state index >= 15 is 0 Å². The van der Waals surface area contributed by atoms with Crippen molar-refractivity contribution >= 4 is 5.97 Å². The number of rotatable bonds is 1. The van der Waals surface area contributed by atoms with Crippen LogP contribution in [0.3, 0.4) is 0 Å². The van der Waals surface area contributed by atoms with Crippen molar-refractivity contribution in [1.29, 1.82) is 0 Å². The Hall–Kier alpha value is -0.570. The molecule has 80 valence electrons. The molecular formula is C12H16NO2+. The molecule has 0 saturated heterocycles. The van der Waals surface area contributed by atoms with Crippen LogP contribution in [0.5, 0.6) is 0 Å². The van der Waals surface area contributed by atoms with Gasteiger partial charge >= 0.3 is 5.97 Å². The monoisotopic (exact) mass is 206 g/mol. The molecule has 2 bridgehead atoms. The van der Waals surface area contributed by atoms with E-state index in [0.717, 1.165) is 41.4 Å². The van der Waals surface area contributed by atoms with Gasteiger partial charge in [0.1, 0.15) is 12.0 Å². The van der Waals surface area contributed by atoms with Crippen molar-refractivity contribution in [2.45, 2.75) is 6.04 Å². The smallest absolute Gasteiger partial charge is 0.315 e. The van der Waals surface area contributed by atoms with E-state index in [2.05, 4.69) is 5.73 Å². The molecule has 15 heavy (non-hydrogen) atoms. The third-order valence-corrected chi connectivity index (χ3v) is 6.45. The summed E-state index contributed by atoms with van der Waals surface area (Å²) in [5, 5.41) is 0. The van der Waals surface area contributed by atoms with E-state index in [1.54, 1.807) is 0 Å². The molecule has 0 amide bonds.